The molecule has 0 amide bonds. The third-order valence-electron chi connectivity index (χ3n) is 6.98. The van der Waals surface area contributed by atoms with E-state index < -0.39 is 0 Å². The van der Waals surface area contributed by atoms with Crippen LogP contribution < -0.4 is 9.47 Å². The van der Waals surface area contributed by atoms with Gasteiger partial charge in [0.1, 0.15) is 13.2 Å². The van der Waals surface area contributed by atoms with E-state index in [0.29, 0.717) is 19.7 Å². The van der Waals surface area contributed by atoms with Crippen molar-refractivity contribution in [1.29, 1.82) is 0 Å². The lowest BCUT2D eigenvalue weighted by Crippen LogP contribution is -2.68. The van der Waals surface area contributed by atoms with Gasteiger partial charge in [-0.3, -0.25) is 9.69 Å². The van der Waals surface area contributed by atoms with Crippen LogP contribution in [-0.4, -0.2) is 78.3 Å². The molecule has 0 spiro atoms. The molecule has 0 unspecified atom stereocenters. The number of carbonyl (C=O) groups excluding carboxylic acids is 1. The second-order valence-corrected chi connectivity index (χ2v) is 8.83. The number of aryl methyl sites for hydroxylation is 1. The summed E-state index contributed by atoms with van der Waals surface area (Å²) < 4.78 is 15.2. The number of fused-ring (bicyclic) bond motifs is 4. The van der Waals surface area contributed by atoms with E-state index in [9.17, 15) is 4.79 Å². The Kier molecular flexibility index (Phi) is 4.63. The molecule has 0 saturated carbocycles. The molecule has 1 aromatic heterocycles. The first kappa shape index (κ1) is 18.7. The van der Waals surface area contributed by atoms with E-state index in [4.69, 9.17) is 9.47 Å². The summed E-state index contributed by atoms with van der Waals surface area (Å²) in [6, 6.07) is 9.85. The number of hydrogen-bond acceptors (Lipinski definition) is 4. The van der Waals surface area contributed by atoms with Gasteiger partial charge in [-0.05, 0) is 32.0 Å². The number of hydrogen-bond donors (Lipinski definition) is 0. The zero-order chi connectivity index (χ0) is 20.0. The van der Waals surface area contributed by atoms with Gasteiger partial charge in [0.15, 0.2) is 17.6 Å². The number of para-hydroxylation sites is 2. The molecule has 0 aliphatic carbocycles. The molecule has 3 fully saturated rings. The van der Waals surface area contributed by atoms with E-state index >= 15 is 0 Å². The van der Waals surface area contributed by atoms with Crippen LogP contribution in [0.3, 0.4) is 0 Å². The van der Waals surface area contributed by atoms with Crippen LogP contribution in [-0.2, 0) is 6.54 Å². The van der Waals surface area contributed by atoms with E-state index in [-0.39, 0.29) is 11.9 Å². The quantitative estimate of drug-likeness (QED) is 0.575. The number of ketones is 1. The molecule has 2 bridgehead atoms. The molecule has 6 nitrogen and oxygen atoms in total. The summed E-state index contributed by atoms with van der Waals surface area (Å²) in [5, 5.41) is 0. The second-order valence-electron chi connectivity index (χ2n) is 8.83. The maximum absolute atomic E-state index is 13.2. The number of piperazine rings is 3. The van der Waals surface area contributed by atoms with E-state index in [1.165, 1.54) is 0 Å². The van der Waals surface area contributed by atoms with Gasteiger partial charge in [-0.1, -0.05) is 12.1 Å². The van der Waals surface area contributed by atoms with Gasteiger partial charge in [0.05, 0.1) is 26.2 Å². The largest absolute Gasteiger partial charge is 0.486 e. The van der Waals surface area contributed by atoms with Crippen LogP contribution in [0.4, 0.5) is 0 Å². The highest BCUT2D eigenvalue weighted by atomic mass is 16.6. The highest BCUT2D eigenvalue weighted by Crippen LogP contribution is 2.32. The van der Waals surface area contributed by atoms with Gasteiger partial charge >= 0.3 is 0 Å². The first-order valence-electron chi connectivity index (χ1n) is 10.7. The molecule has 2 aromatic rings. The fraction of sp³-hybridized carbons (Fsp3) is 0.522. The Bertz CT molecular complexity index is 914. The fourth-order valence-electron chi connectivity index (χ4n) is 5.08. The minimum absolute atomic E-state index is 0.0605. The van der Waals surface area contributed by atoms with Crippen molar-refractivity contribution < 1.29 is 18.8 Å². The van der Waals surface area contributed by atoms with E-state index in [2.05, 4.69) is 29.4 Å². The van der Waals surface area contributed by atoms with Crippen LogP contribution in [0.5, 0.6) is 11.5 Å². The van der Waals surface area contributed by atoms with Crippen molar-refractivity contribution in [3.8, 4) is 11.5 Å². The average Bonchev–Trinajstić information content (AvgIpc) is 3.03. The standard InChI is InChI=1S/C23H30N3O3/c1-17-13-20(21(27)15-26-10-7-24(8-11-26)9-12-26)18(2)25(17)14-19-16-28-22-5-3-4-6-23(22)29-19/h3-6,13,19H,7-12,14-16H2,1-2H3/q+1/t19-/m1/s1. The molecule has 4 aliphatic rings. The second kappa shape index (κ2) is 7.18. The van der Waals surface area contributed by atoms with E-state index in [1.54, 1.807) is 0 Å². The number of benzene rings is 1. The molecular weight excluding hydrogens is 366 g/mol. The van der Waals surface area contributed by atoms with Crippen molar-refractivity contribution in [2.24, 2.45) is 0 Å². The number of rotatable bonds is 5. The van der Waals surface area contributed by atoms with Crippen molar-refractivity contribution in [3.05, 3.63) is 47.3 Å². The minimum atomic E-state index is -0.0605. The van der Waals surface area contributed by atoms with Crippen LogP contribution in [0.1, 0.15) is 21.7 Å². The third-order valence-corrected chi connectivity index (χ3v) is 6.98. The number of quaternary nitrogens is 1. The molecular formula is C23H30N3O3+. The number of aromatic nitrogens is 1. The lowest BCUT2D eigenvalue weighted by atomic mass is 10.1. The smallest absolute Gasteiger partial charge is 0.218 e. The molecule has 6 rings (SSSR count). The highest BCUT2D eigenvalue weighted by Gasteiger charge is 2.40. The Hall–Kier alpha value is -2.31. The first-order valence-corrected chi connectivity index (χ1v) is 10.7. The molecule has 3 saturated heterocycles. The average molecular weight is 397 g/mol. The summed E-state index contributed by atoms with van der Waals surface area (Å²) in [5.74, 6) is 1.88. The predicted molar refractivity (Wildman–Crippen MR) is 111 cm³/mol. The van der Waals surface area contributed by atoms with Crippen molar-refractivity contribution in [1.82, 2.24) is 9.47 Å². The number of carbonyl (C=O) groups is 1. The third kappa shape index (κ3) is 3.45. The highest BCUT2D eigenvalue weighted by molar-refractivity contribution is 5.98. The number of ether oxygens (including phenoxy) is 2. The minimum Gasteiger partial charge on any atom is -0.486 e. The van der Waals surface area contributed by atoms with Crippen molar-refractivity contribution in [3.63, 3.8) is 0 Å². The Morgan fingerprint density at radius 2 is 1.79 bits per heavy atom. The lowest BCUT2D eigenvalue weighted by Gasteiger charge is -2.50. The Morgan fingerprint density at radius 3 is 2.52 bits per heavy atom. The lowest BCUT2D eigenvalue weighted by molar-refractivity contribution is -0.933. The van der Waals surface area contributed by atoms with Crippen LogP contribution in [0.2, 0.25) is 0 Å². The van der Waals surface area contributed by atoms with Crippen LogP contribution in [0.25, 0.3) is 0 Å². The van der Waals surface area contributed by atoms with Gasteiger partial charge in [-0.15, -0.1) is 0 Å². The van der Waals surface area contributed by atoms with Crippen LogP contribution in [0, 0.1) is 13.8 Å². The summed E-state index contributed by atoms with van der Waals surface area (Å²) in [6.07, 6.45) is -0.0605. The van der Waals surface area contributed by atoms with Gasteiger partial charge in [-0.2, -0.15) is 0 Å². The maximum Gasteiger partial charge on any atom is 0.218 e. The summed E-state index contributed by atoms with van der Waals surface area (Å²) in [5.41, 5.74) is 3.03. The van der Waals surface area contributed by atoms with Crippen LogP contribution in [0.15, 0.2) is 30.3 Å². The van der Waals surface area contributed by atoms with Crippen molar-refractivity contribution >= 4 is 5.78 Å². The Balaban J connectivity index is 1.31. The summed E-state index contributed by atoms with van der Waals surface area (Å²) in [6.45, 7) is 12.7. The van der Waals surface area contributed by atoms with Crippen molar-refractivity contribution in [2.75, 3.05) is 52.4 Å². The molecule has 4 aliphatic heterocycles. The van der Waals surface area contributed by atoms with E-state index in [0.717, 1.165) is 72.2 Å². The monoisotopic (exact) mass is 396 g/mol. The number of nitrogens with zero attached hydrogens (tertiary/aromatic N) is 3. The molecule has 1 atom stereocenters. The van der Waals surface area contributed by atoms with Gasteiger partial charge in [0, 0.05) is 36.6 Å². The summed E-state index contributed by atoms with van der Waals surface area (Å²) >= 11 is 0. The van der Waals surface area contributed by atoms with Gasteiger partial charge < -0.3 is 18.5 Å². The summed E-state index contributed by atoms with van der Waals surface area (Å²) in [7, 11) is 0. The van der Waals surface area contributed by atoms with E-state index in [1.807, 2.05) is 24.3 Å². The molecule has 1 aromatic carbocycles. The SMILES string of the molecule is Cc1cc(C(=O)C[N+]23CCN(CC2)CC3)c(C)n1C[C@@H]1COc2ccccc2O1. The first-order chi connectivity index (χ1) is 14.0. The molecule has 154 valence electrons. The maximum atomic E-state index is 13.2. The molecule has 6 heteroatoms. The molecule has 0 N–H and O–H groups in total. The predicted octanol–water partition coefficient (Wildman–Crippen LogP) is 2.27. The van der Waals surface area contributed by atoms with Crippen LogP contribution >= 0.6 is 0 Å². The van der Waals surface area contributed by atoms with Gasteiger partial charge in [0.25, 0.3) is 0 Å². The van der Waals surface area contributed by atoms with Gasteiger partial charge in [0.2, 0.25) is 5.78 Å². The zero-order valence-electron chi connectivity index (χ0n) is 17.4. The van der Waals surface area contributed by atoms with Gasteiger partial charge in [-0.25, -0.2) is 0 Å². The molecule has 5 heterocycles. The Labute approximate surface area is 172 Å². The zero-order valence-corrected chi connectivity index (χ0v) is 17.4. The molecule has 0 radical (unpaired) electrons. The Morgan fingerprint density at radius 1 is 1.10 bits per heavy atom. The topological polar surface area (TPSA) is 43.7 Å². The number of Topliss-reactive ketones (excluding diaryl/α,β-unsaturated/α-hetero) is 1. The van der Waals surface area contributed by atoms with Crippen molar-refractivity contribution in [2.45, 2.75) is 26.5 Å². The molecule has 29 heavy (non-hydrogen) atoms. The summed E-state index contributed by atoms with van der Waals surface area (Å²) in [4.78, 5) is 15.8. The fourth-order valence-corrected chi connectivity index (χ4v) is 5.08. The normalized spacial score (nSPS) is 27.8.